The fourth-order valence-corrected chi connectivity index (χ4v) is 1.83. The van der Waals surface area contributed by atoms with Crippen LogP contribution in [-0.2, 0) is 4.79 Å². The molecule has 0 heterocycles. The lowest BCUT2D eigenvalue weighted by atomic mass is 10.0. The molecule has 0 aliphatic heterocycles. The molecule has 2 rings (SSSR count). The highest BCUT2D eigenvalue weighted by Crippen LogP contribution is 2.21. The van der Waals surface area contributed by atoms with Gasteiger partial charge in [0.25, 0.3) is 0 Å². The van der Waals surface area contributed by atoms with Crippen LogP contribution in [-0.4, -0.2) is 11.1 Å². The molecule has 0 radical (unpaired) electrons. The SMILES string of the molecule is O=C(O)/C(=C/c1ccccc1)c1cccc(Cl)c1. The standard InChI is InChI=1S/C15H11ClO2/c16-13-8-4-7-12(10-13)14(15(17)18)9-11-5-2-1-3-6-11/h1-10H,(H,17,18)/b14-9+. The van der Waals surface area contributed by atoms with Crippen LogP contribution in [0.3, 0.4) is 0 Å². The Balaban J connectivity index is 2.47. The molecule has 2 nitrogen and oxygen atoms in total. The first-order chi connectivity index (χ1) is 8.66. The number of aliphatic carboxylic acids is 1. The summed E-state index contributed by atoms with van der Waals surface area (Å²) in [6, 6.07) is 16.1. The number of carboxylic acids is 1. The maximum Gasteiger partial charge on any atom is 0.336 e. The van der Waals surface area contributed by atoms with Crippen molar-refractivity contribution < 1.29 is 9.90 Å². The molecule has 0 spiro atoms. The molecule has 0 saturated heterocycles. The van der Waals surface area contributed by atoms with Crippen molar-refractivity contribution in [3.05, 3.63) is 70.7 Å². The summed E-state index contributed by atoms with van der Waals surface area (Å²) in [5.41, 5.74) is 1.66. The van der Waals surface area contributed by atoms with Crippen molar-refractivity contribution in [1.82, 2.24) is 0 Å². The van der Waals surface area contributed by atoms with E-state index in [1.807, 2.05) is 30.3 Å². The molecule has 0 atom stereocenters. The summed E-state index contributed by atoms with van der Waals surface area (Å²) in [6.45, 7) is 0. The molecule has 1 N–H and O–H groups in total. The van der Waals surface area contributed by atoms with E-state index in [0.717, 1.165) is 5.56 Å². The number of carbonyl (C=O) groups is 1. The third-order valence-corrected chi connectivity index (χ3v) is 2.71. The summed E-state index contributed by atoms with van der Waals surface area (Å²) in [4.78, 5) is 11.3. The highest BCUT2D eigenvalue weighted by atomic mass is 35.5. The van der Waals surface area contributed by atoms with Crippen LogP contribution in [0, 0.1) is 0 Å². The summed E-state index contributed by atoms with van der Waals surface area (Å²) in [7, 11) is 0. The number of rotatable bonds is 3. The Hall–Kier alpha value is -2.06. The molecule has 2 aromatic carbocycles. The Bertz CT molecular complexity index is 588. The molecule has 0 aliphatic carbocycles. The molecule has 0 bridgehead atoms. The predicted molar refractivity (Wildman–Crippen MR) is 73.4 cm³/mol. The van der Waals surface area contributed by atoms with E-state index in [4.69, 9.17) is 11.6 Å². The van der Waals surface area contributed by atoms with Crippen LogP contribution >= 0.6 is 11.6 Å². The van der Waals surface area contributed by atoms with E-state index in [9.17, 15) is 9.90 Å². The molecule has 0 fully saturated rings. The molecular weight excluding hydrogens is 248 g/mol. The van der Waals surface area contributed by atoms with Crippen LogP contribution < -0.4 is 0 Å². The van der Waals surface area contributed by atoms with Crippen molar-refractivity contribution in [2.45, 2.75) is 0 Å². The van der Waals surface area contributed by atoms with Crippen LogP contribution in [0.5, 0.6) is 0 Å². The van der Waals surface area contributed by atoms with E-state index in [1.54, 1.807) is 30.3 Å². The van der Waals surface area contributed by atoms with Gasteiger partial charge < -0.3 is 5.11 Å². The predicted octanol–water partition coefficient (Wildman–Crippen LogP) is 3.97. The topological polar surface area (TPSA) is 37.3 Å². The van der Waals surface area contributed by atoms with Crippen LogP contribution in [0.1, 0.15) is 11.1 Å². The Morgan fingerprint density at radius 2 is 1.78 bits per heavy atom. The third kappa shape index (κ3) is 2.99. The highest BCUT2D eigenvalue weighted by molar-refractivity contribution is 6.31. The van der Waals surface area contributed by atoms with Gasteiger partial charge >= 0.3 is 5.97 Å². The molecule has 0 aromatic heterocycles. The molecule has 3 heteroatoms. The summed E-state index contributed by atoms with van der Waals surface area (Å²) < 4.78 is 0. The van der Waals surface area contributed by atoms with Gasteiger partial charge in [-0.25, -0.2) is 4.79 Å². The minimum Gasteiger partial charge on any atom is -0.478 e. The molecular formula is C15H11ClO2. The summed E-state index contributed by atoms with van der Waals surface area (Å²) in [5.74, 6) is -0.971. The van der Waals surface area contributed by atoms with Gasteiger partial charge in [-0.3, -0.25) is 0 Å². The van der Waals surface area contributed by atoms with E-state index in [-0.39, 0.29) is 5.57 Å². The molecule has 0 saturated carbocycles. The average molecular weight is 259 g/mol. The minimum absolute atomic E-state index is 0.226. The quantitative estimate of drug-likeness (QED) is 0.668. The molecule has 0 amide bonds. The van der Waals surface area contributed by atoms with Crippen LogP contribution in [0.15, 0.2) is 54.6 Å². The van der Waals surface area contributed by atoms with Gasteiger partial charge in [0.2, 0.25) is 0 Å². The first-order valence-electron chi connectivity index (χ1n) is 5.43. The van der Waals surface area contributed by atoms with E-state index >= 15 is 0 Å². The number of carboxylic acid groups (broad SMARTS) is 1. The van der Waals surface area contributed by atoms with Gasteiger partial charge in [0.05, 0.1) is 5.57 Å². The monoisotopic (exact) mass is 258 g/mol. The lowest BCUT2D eigenvalue weighted by Crippen LogP contribution is -1.99. The van der Waals surface area contributed by atoms with Crippen molar-refractivity contribution in [3.8, 4) is 0 Å². The normalized spacial score (nSPS) is 11.3. The molecule has 0 aliphatic rings. The second-order valence-corrected chi connectivity index (χ2v) is 4.22. The van der Waals surface area contributed by atoms with Gasteiger partial charge in [-0.1, -0.05) is 54.1 Å². The van der Waals surface area contributed by atoms with E-state index in [2.05, 4.69) is 0 Å². The van der Waals surface area contributed by atoms with Gasteiger partial charge in [-0.05, 0) is 29.3 Å². The van der Waals surface area contributed by atoms with E-state index in [1.165, 1.54) is 0 Å². The second-order valence-electron chi connectivity index (χ2n) is 3.78. The summed E-state index contributed by atoms with van der Waals surface area (Å²) in [5, 5.41) is 9.79. The van der Waals surface area contributed by atoms with Gasteiger partial charge in [0, 0.05) is 5.02 Å². The lowest BCUT2D eigenvalue weighted by molar-refractivity contribution is -0.130. The number of halogens is 1. The number of benzene rings is 2. The zero-order chi connectivity index (χ0) is 13.0. The smallest absolute Gasteiger partial charge is 0.336 e. The summed E-state index contributed by atoms with van der Waals surface area (Å²) in [6.07, 6.45) is 1.63. The molecule has 90 valence electrons. The minimum atomic E-state index is -0.971. The molecule has 0 unspecified atom stereocenters. The van der Waals surface area contributed by atoms with E-state index < -0.39 is 5.97 Å². The first kappa shape index (κ1) is 12.4. The van der Waals surface area contributed by atoms with Crippen molar-refractivity contribution in [3.63, 3.8) is 0 Å². The zero-order valence-corrected chi connectivity index (χ0v) is 10.3. The number of hydrogen-bond donors (Lipinski definition) is 1. The Labute approximate surface area is 110 Å². The van der Waals surface area contributed by atoms with Crippen molar-refractivity contribution in [1.29, 1.82) is 0 Å². The van der Waals surface area contributed by atoms with Gasteiger partial charge in [0.15, 0.2) is 0 Å². The average Bonchev–Trinajstić information content (AvgIpc) is 2.37. The highest BCUT2D eigenvalue weighted by Gasteiger charge is 2.10. The molecule has 18 heavy (non-hydrogen) atoms. The first-order valence-corrected chi connectivity index (χ1v) is 5.80. The lowest BCUT2D eigenvalue weighted by Gasteiger charge is -2.03. The third-order valence-electron chi connectivity index (χ3n) is 2.48. The number of hydrogen-bond acceptors (Lipinski definition) is 1. The van der Waals surface area contributed by atoms with Gasteiger partial charge in [0.1, 0.15) is 0 Å². The zero-order valence-electron chi connectivity index (χ0n) is 9.51. The summed E-state index contributed by atoms with van der Waals surface area (Å²) >= 11 is 5.88. The van der Waals surface area contributed by atoms with Gasteiger partial charge in [-0.2, -0.15) is 0 Å². The largest absolute Gasteiger partial charge is 0.478 e. The Kier molecular flexibility index (Phi) is 3.80. The van der Waals surface area contributed by atoms with Crippen molar-refractivity contribution in [2.75, 3.05) is 0 Å². The van der Waals surface area contributed by atoms with E-state index in [0.29, 0.717) is 10.6 Å². The van der Waals surface area contributed by atoms with Crippen molar-refractivity contribution >= 4 is 29.2 Å². The van der Waals surface area contributed by atoms with Crippen LogP contribution in [0.25, 0.3) is 11.6 Å². The fourth-order valence-electron chi connectivity index (χ4n) is 1.64. The van der Waals surface area contributed by atoms with Gasteiger partial charge in [-0.15, -0.1) is 0 Å². The Morgan fingerprint density at radius 1 is 1.06 bits per heavy atom. The Morgan fingerprint density at radius 3 is 2.39 bits per heavy atom. The second kappa shape index (κ2) is 5.52. The maximum atomic E-state index is 11.3. The van der Waals surface area contributed by atoms with Crippen LogP contribution in [0.2, 0.25) is 5.02 Å². The maximum absolute atomic E-state index is 11.3. The fraction of sp³-hybridized carbons (Fsp3) is 0. The van der Waals surface area contributed by atoms with Crippen molar-refractivity contribution in [2.24, 2.45) is 0 Å². The molecule has 2 aromatic rings. The van der Waals surface area contributed by atoms with Crippen LogP contribution in [0.4, 0.5) is 0 Å².